The van der Waals surface area contributed by atoms with Crippen molar-refractivity contribution in [1.29, 1.82) is 0 Å². The molecule has 0 aromatic carbocycles. The molecule has 0 amide bonds. The number of halogens is 1. The Labute approximate surface area is 116 Å². The molecule has 0 spiro atoms. The molecule has 1 saturated carbocycles. The largest absolute Gasteiger partial charge is 0.390 e. The number of hydrogen-bond donors (Lipinski definition) is 2. The summed E-state index contributed by atoms with van der Waals surface area (Å²) in [7, 11) is 0. The molecule has 96 valence electrons. The molecule has 0 bridgehead atoms. The highest BCUT2D eigenvalue weighted by molar-refractivity contribution is 9.11. The minimum Gasteiger partial charge on any atom is -0.390 e. The first-order valence-corrected chi connectivity index (χ1v) is 7.92. The minimum atomic E-state index is -0.476. The van der Waals surface area contributed by atoms with E-state index in [9.17, 15) is 5.11 Å². The van der Waals surface area contributed by atoms with Crippen LogP contribution >= 0.6 is 27.3 Å². The van der Waals surface area contributed by atoms with Crippen molar-refractivity contribution >= 4 is 27.3 Å². The van der Waals surface area contributed by atoms with Crippen molar-refractivity contribution in [2.75, 3.05) is 6.54 Å². The van der Waals surface area contributed by atoms with Gasteiger partial charge in [0.25, 0.3) is 0 Å². The number of hydrogen-bond acceptors (Lipinski definition) is 3. The van der Waals surface area contributed by atoms with Crippen molar-refractivity contribution in [3.63, 3.8) is 0 Å². The van der Waals surface area contributed by atoms with Gasteiger partial charge in [-0.1, -0.05) is 6.92 Å². The van der Waals surface area contributed by atoms with Gasteiger partial charge in [-0.3, -0.25) is 0 Å². The molecule has 1 aromatic rings. The van der Waals surface area contributed by atoms with Crippen LogP contribution in [0.3, 0.4) is 0 Å². The molecule has 0 aliphatic heterocycles. The molecule has 1 aliphatic rings. The summed E-state index contributed by atoms with van der Waals surface area (Å²) in [5.41, 5.74) is -0.476. The van der Waals surface area contributed by atoms with Crippen LogP contribution in [0.1, 0.15) is 37.5 Å². The van der Waals surface area contributed by atoms with E-state index in [0.717, 1.165) is 42.4 Å². The van der Waals surface area contributed by atoms with Crippen molar-refractivity contribution in [3.05, 3.63) is 20.8 Å². The van der Waals surface area contributed by atoms with Crippen molar-refractivity contribution in [2.45, 2.75) is 50.7 Å². The van der Waals surface area contributed by atoms with Crippen LogP contribution in [-0.2, 0) is 6.42 Å². The van der Waals surface area contributed by atoms with Crippen molar-refractivity contribution in [1.82, 2.24) is 5.32 Å². The third-order valence-corrected chi connectivity index (χ3v) is 5.16. The molecule has 0 atom stereocenters. The van der Waals surface area contributed by atoms with E-state index in [1.165, 1.54) is 4.88 Å². The van der Waals surface area contributed by atoms with Crippen LogP contribution in [0.5, 0.6) is 0 Å². The Hall–Kier alpha value is 0.1000. The zero-order chi connectivity index (χ0) is 12.3. The fourth-order valence-corrected chi connectivity index (χ4v) is 4.22. The molecule has 2 N–H and O–H groups in total. The van der Waals surface area contributed by atoms with Crippen LogP contribution in [0, 0.1) is 0 Å². The summed E-state index contributed by atoms with van der Waals surface area (Å²) in [5.74, 6) is 0. The van der Waals surface area contributed by atoms with E-state index < -0.39 is 5.60 Å². The summed E-state index contributed by atoms with van der Waals surface area (Å²) < 4.78 is 1.15. The maximum atomic E-state index is 10.6. The summed E-state index contributed by atoms with van der Waals surface area (Å²) >= 11 is 5.20. The molecule has 1 heterocycles. The molecule has 1 aliphatic carbocycles. The Balaban J connectivity index is 1.89. The molecular formula is C13H20BrNOS. The number of thiophene rings is 1. The van der Waals surface area contributed by atoms with Gasteiger partial charge in [-0.15, -0.1) is 11.3 Å². The van der Waals surface area contributed by atoms with Crippen molar-refractivity contribution in [2.24, 2.45) is 0 Å². The predicted octanol–water partition coefficient (Wildman–Crippen LogP) is 3.34. The Morgan fingerprint density at radius 3 is 2.71 bits per heavy atom. The molecule has 0 radical (unpaired) electrons. The second-order valence-corrected chi connectivity index (χ2v) is 7.49. The summed E-state index contributed by atoms with van der Waals surface area (Å²) in [5, 5.41) is 14.1. The molecule has 1 fully saturated rings. The molecule has 2 nitrogen and oxygen atoms in total. The fourth-order valence-electron chi connectivity index (χ4n) is 2.60. The van der Waals surface area contributed by atoms with E-state index in [2.05, 4.69) is 40.3 Å². The van der Waals surface area contributed by atoms with E-state index in [-0.39, 0.29) is 0 Å². The van der Waals surface area contributed by atoms with E-state index in [0.29, 0.717) is 6.04 Å². The Morgan fingerprint density at radius 1 is 1.47 bits per heavy atom. The fraction of sp³-hybridized carbons (Fsp3) is 0.692. The van der Waals surface area contributed by atoms with Crippen molar-refractivity contribution < 1.29 is 5.11 Å². The molecule has 0 saturated heterocycles. The summed E-state index contributed by atoms with van der Waals surface area (Å²) in [6.07, 6.45) is 4.83. The monoisotopic (exact) mass is 317 g/mol. The van der Waals surface area contributed by atoms with Gasteiger partial charge in [-0.2, -0.15) is 0 Å². The zero-order valence-electron chi connectivity index (χ0n) is 10.2. The maximum absolute atomic E-state index is 10.6. The van der Waals surface area contributed by atoms with Gasteiger partial charge in [-0.05, 0) is 60.3 Å². The van der Waals surface area contributed by atoms with Gasteiger partial charge in [0, 0.05) is 17.3 Å². The second kappa shape index (κ2) is 5.83. The minimum absolute atomic E-state index is 0.476. The highest BCUT2D eigenvalue weighted by atomic mass is 79.9. The Kier molecular flexibility index (Phi) is 4.64. The zero-order valence-corrected chi connectivity index (χ0v) is 12.6. The lowest BCUT2D eigenvalue weighted by Gasteiger charge is -2.36. The van der Waals surface area contributed by atoms with Crippen LogP contribution in [0.2, 0.25) is 0 Å². The van der Waals surface area contributed by atoms with Gasteiger partial charge < -0.3 is 10.4 Å². The smallest absolute Gasteiger partial charge is 0.0701 e. The lowest BCUT2D eigenvalue weighted by molar-refractivity contribution is -0.00228. The first-order valence-electron chi connectivity index (χ1n) is 6.31. The van der Waals surface area contributed by atoms with E-state index in [4.69, 9.17) is 0 Å². The predicted molar refractivity (Wildman–Crippen MR) is 76.6 cm³/mol. The number of aliphatic hydroxyl groups is 1. The number of rotatable bonds is 4. The van der Waals surface area contributed by atoms with Gasteiger partial charge in [0.2, 0.25) is 0 Å². The van der Waals surface area contributed by atoms with Gasteiger partial charge in [0.1, 0.15) is 0 Å². The average Bonchev–Trinajstić information content (AvgIpc) is 2.68. The quantitative estimate of drug-likeness (QED) is 0.892. The normalized spacial score (nSPS) is 29.5. The molecule has 1 aromatic heterocycles. The first-order chi connectivity index (χ1) is 8.11. The molecule has 17 heavy (non-hydrogen) atoms. The maximum Gasteiger partial charge on any atom is 0.0701 e. The van der Waals surface area contributed by atoms with Gasteiger partial charge in [0.05, 0.1) is 9.39 Å². The third kappa shape index (κ3) is 3.78. The van der Waals surface area contributed by atoms with Gasteiger partial charge in [0.15, 0.2) is 0 Å². The van der Waals surface area contributed by atoms with Crippen LogP contribution in [0.25, 0.3) is 0 Å². The van der Waals surface area contributed by atoms with Crippen LogP contribution in [0.15, 0.2) is 15.9 Å². The Morgan fingerprint density at radius 2 is 2.18 bits per heavy atom. The van der Waals surface area contributed by atoms with Crippen LogP contribution in [-0.4, -0.2) is 23.3 Å². The SMILES string of the molecule is CCNC1CCC(O)(Cc2ccc(Br)s2)CC1. The van der Waals surface area contributed by atoms with Gasteiger partial charge in [-0.25, -0.2) is 0 Å². The molecular weight excluding hydrogens is 298 g/mol. The highest BCUT2D eigenvalue weighted by Gasteiger charge is 2.33. The van der Waals surface area contributed by atoms with Crippen molar-refractivity contribution in [3.8, 4) is 0 Å². The third-order valence-electron chi connectivity index (χ3n) is 3.54. The second-order valence-electron chi connectivity index (χ2n) is 4.94. The highest BCUT2D eigenvalue weighted by Crippen LogP contribution is 2.34. The number of nitrogens with one attached hydrogen (secondary N) is 1. The lowest BCUT2D eigenvalue weighted by Crippen LogP contribution is -2.42. The molecule has 2 rings (SSSR count). The first kappa shape index (κ1) is 13.5. The summed E-state index contributed by atoms with van der Waals surface area (Å²) in [4.78, 5) is 1.28. The lowest BCUT2D eigenvalue weighted by atomic mass is 9.80. The van der Waals surface area contributed by atoms with E-state index in [1.807, 2.05) is 0 Å². The van der Waals surface area contributed by atoms with Crippen LogP contribution in [0.4, 0.5) is 0 Å². The van der Waals surface area contributed by atoms with E-state index in [1.54, 1.807) is 11.3 Å². The topological polar surface area (TPSA) is 32.3 Å². The van der Waals surface area contributed by atoms with Gasteiger partial charge >= 0.3 is 0 Å². The molecule has 4 heteroatoms. The summed E-state index contributed by atoms with van der Waals surface area (Å²) in [6, 6.07) is 4.78. The van der Waals surface area contributed by atoms with Crippen LogP contribution < -0.4 is 5.32 Å². The standard InChI is InChI=1S/C13H20BrNOS/c1-2-15-10-5-7-13(16,8-6-10)9-11-3-4-12(14)17-11/h3-4,10,15-16H,2,5-9H2,1H3. The Bertz CT molecular complexity index is 358. The molecule has 0 unspecified atom stereocenters. The summed E-state index contributed by atoms with van der Waals surface area (Å²) in [6.45, 7) is 3.17. The van der Waals surface area contributed by atoms with E-state index >= 15 is 0 Å². The average molecular weight is 318 g/mol.